The summed E-state index contributed by atoms with van der Waals surface area (Å²) in [6.07, 6.45) is 1.79. The minimum atomic E-state index is -1.28. The van der Waals surface area contributed by atoms with E-state index in [1.54, 1.807) is 31.5 Å². The summed E-state index contributed by atoms with van der Waals surface area (Å²) < 4.78 is 33.2. The van der Waals surface area contributed by atoms with Gasteiger partial charge in [-0.25, -0.2) is 29.8 Å². The van der Waals surface area contributed by atoms with Gasteiger partial charge in [-0.2, -0.15) is 0 Å². The smallest absolute Gasteiger partial charge is 0.284 e. The predicted molar refractivity (Wildman–Crippen MR) is 249 cm³/mol. The van der Waals surface area contributed by atoms with E-state index in [-0.39, 0.29) is 24.7 Å². The first kappa shape index (κ1) is 44.1. The Labute approximate surface area is 385 Å². The van der Waals surface area contributed by atoms with Gasteiger partial charge in [-0.15, -0.1) is 11.3 Å². The zero-order valence-corrected chi connectivity index (χ0v) is 37.8. The zero-order chi connectivity index (χ0) is 45.0. The first-order chi connectivity index (χ1) is 31.7. The quantitative estimate of drug-likeness (QED) is 0.101. The topological polar surface area (TPSA) is 138 Å². The Morgan fingerprint density at radius 2 is 1.68 bits per heavy atom. The average Bonchev–Trinajstić information content (AvgIpc) is 3.72. The number of hydrogen-bond acceptors (Lipinski definition) is 13. The summed E-state index contributed by atoms with van der Waals surface area (Å²) in [7, 11) is 3.76. The highest BCUT2D eigenvalue weighted by Crippen LogP contribution is 2.49. The van der Waals surface area contributed by atoms with E-state index in [2.05, 4.69) is 48.8 Å². The van der Waals surface area contributed by atoms with E-state index in [0.29, 0.717) is 56.9 Å². The van der Waals surface area contributed by atoms with Crippen LogP contribution in [0.15, 0.2) is 97.5 Å². The first-order valence-corrected chi connectivity index (χ1v) is 22.6. The monoisotopic (exact) mass is 914 g/mol. The van der Waals surface area contributed by atoms with Gasteiger partial charge < -0.3 is 19.1 Å². The fourth-order valence-corrected chi connectivity index (χ4v) is 9.91. The van der Waals surface area contributed by atoms with E-state index in [9.17, 15) is 14.4 Å². The van der Waals surface area contributed by atoms with E-state index in [1.165, 1.54) is 29.8 Å². The Kier molecular flexibility index (Phi) is 13.3. The van der Waals surface area contributed by atoms with Gasteiger partial charge in [0.05, 0.1) is 23.8 Å². The van der Waals surface area contributed by atoms with Crippen LogP contribution in [0.2, 0.25) is 5.02 Å². The molecule has 334 valence electrons. The number of ether oxygens (including phenoxy) is 3. The van der Waals surface area contributed by atoms with Crippen molar-refractivity contribution in [3.8, 4) is 50.3 Å². The summed E-state index contributed by atoms with van der Waals surface area (Å²) in [4.78, 5) is 41.1. The number of likely N-dealkylation sites (N-methyl/N-ethyl adjacent to an activating group) is 1. The van der Waals surface area contributed by atoms with Gasteiger partial charge in [0.15, 0.2) is 11.9 Å². The maximum atomic E-state index is 14.3. The van der Waals surface area contributed by atoms with Gasteiger partial charge >= 0.3 is 0 Å². The number of nitrogens with one attached hydrogen (secondary N) is 1. The van der Waals surface area contributed by atoms with Crippen molar-refractivity contribution in [2.45, 2.75) is 39.1 Å². The Morgan fingerprint density at radius 3 is 2.48 bits per heavy atom. The number of nitrogens with zero attached hydrogens (tertiary/aromatic N) is 7. The van der Waals surface area contributed by atoms with Crippen LogP contribution in [0.4, 0.5) is 4.39 Å². The maximum absolute atomic E-state index is 14.3. The number of para-hydroxylation sites is 1. The molecule has 65 heavy (non-hydrogen) atoms. The molecule has 7 aromatic rings. The molecular formula is C49H48ClFN8O5S. The normalized spacial score (nSPS) is 16.1. The molecule has 1 saturated heterocycles. The minimum Gasteiger partial charge on any atom is -0.496 e. The summed E-state index contributed by atoms with van der Waals surface area (Å²) in [5.74, 6) is 0.662. The molecule has 1 atom stereocenters. The number of benzene rings is 4. The molecule has 0 aliphatic carbocycles. The number of carbonyl (C=O) groups is 1. The fraction of sp³-hybridized carbons (Fsp3) is 0.286. The predicted octanol–water partition coefficient (Wildman–Crippen LogP) is 8.23. The van der Waals surface area contributed by atoms with Crippen LogP contribution in [-0.4, -0.2) is 105 Å². The minimum absolute atomic E-state index is 0.000347. The van der Waals surface area contributed by atoms with Crippen molar-refractivity contribution >= 4 is 39.1 Å². The number of piperazine rings is 1. The molecule has 4 aromatic carbocycles. The molecule has 1 amide bonds. The molecule has 0 spiro atoms. The fourth-order valence-electron chi connectivity index (χ4n) is 8.54. The van der Waals surface area contributed by atoms with Gasteiger partial charge in [0.2, 0.25) is 5.88 Å². The number of aromatic nitrogens is 4. The van der Waals surface area contributed by atoms with Crippen molar-refractivity contribution in [2.75, 3.05) is 53.4 Å². The summed E-state index contributed by atoms with van der Waals surface area (Å²) in [5, 5.41) is 11.4. The van der Waals surface area contributed by atoms with Crippen LogP contribution in [0.3, 0.4) is 0 Å². The molecule has 3 aliphatic rings. The molecule has 16 heteroatoms. The van der Waals surface area contributed by atoms with Gasteiger partial charge in [-0.1, -0.05) is 60.1 Å². The number of fused-ring (bicyclic) bond motifs is 6. The number of hydrogen-bond donors (Lipinski definition) is 2. The van der Waals surface area contributed by atoms with Crippen LogP contribution in [0.25, 0.3) is 43.2 Å². The third-order valence-electron chi connectivity index (χ3n) is 12.1. The summed E-state index contributed by atoms with van der Waals surface area (Å²) in [6, 6.07) is 25.6. The van der Waals surface area contributed by atoms with Crippen LogP contribution in [0, 0.1) is 12.7 Å². The summed E-state index contributed by atoms with van der Waals surface area (Å²) in [5.41, 5.74) is 8.96. The molecule has 2 bridgehead atoms. The van der Waals surface area contributed by atoms with E-state index >= 15 is 0 Å². The Bertz CT molecular complexity index is 2840. The molecule has 0 saturated carbocycles. The van der Waals surface area contributed by atoms with Gasteiger partial charge in [0.1, 0.15) is 35.1 Å². The van der Waals surface area contributed by atoms with Gasteiger partial charge in [-0.05, 0) is 78.2 Å². The standard InChI is InChI=1S/C49H48ClFN8O5S/c1-30-36-16-13-33(44(30)50)27-59(24-23-58-21-19-57(2)20-22-58)26-32-7-6-10-40(63-28-35-17-18-52-46(55-35)37-8-4-5-9-39(37)62-3)38(32)25-41(47(60)56-61)64-48-43-42(36)45(65-49(43)54-29-53-48)31-11-14-34(51)15-12-31/h4-18,29,41,61H,19-28H2,1-3H3,(H,56,60)/t41-/m1/s1. The van der Waals surface area contributed by atoms with E-state index < -0.39 is 12.0 Å². The SMILES string of the molecule is COc1ccccc1-c1nccc(COc2cccc3c2C[C@H](C(=O)NO)Oc2ncnc4sc(-c5ccc(F)cc5)c(c24)-c2ccc(c(Cl)c2C)CN(CCN2CCN(C)CC2)C3)n1. The van der Waals surface area contributed by atoms with Crippen LogP contribution in [0.1, 0.15) is 27.9 Å². The van der Waals surface area contributed by atoms with Crippen molar-refractivity contribution < 1.29 is 28.6 Å². The highest BCUT2D eigenvalue weighted by molar-refractivity contribution is 7.22. The van der Waals surface area contributed by atoms with Crippen molar-refractivity contribution in [1.82, 2.24) is 40.1 Å². The molecule has 0 unspecified atom stereocenters. The van der Waals surface area contributed by atoms with Crippen LogP contribution in [0.5, 0.6) is 17.4 Å². The molecular weight excluding hydrogens is 867 g/mol. The Morgan fingerprint density at radius 1 is 0.908 bits per heavy atom. The number of amides is 1. The first-order valence-electron chi connectivity index (χ1n) is 21.4. The molecule has 1 fully saturated rings. The molecule has 6 heterocycles. The number of rotatable bonds is 10. The molecule has 2 N–H and O–H groups in total. The molecule has 13 nitrogen and oxygen atoms in total. The molecule has 3 aromatic heterocycles. The Hall–Kier alpha value is -6.07. The highest BCUT2D eigenvalue weighted by Gasteiger charge is 2.30. The zero-order valence-electron chi connectivity index (χ0n) is 36.3. The highest BCUT2D eigenvalue weighted by atomic mass is 35.5. The maximum Gasteiger partial charge on any atom is 0.284 e. The van der Waals surface area contributed by atoms with E-state index in [0.717, 1.165) is 83.1 Å². The molecule has 3 aliphatic heterocycles. The van der Waals surface area contributed by atoms with Crippen LogP contribution < -0.4 is 19.7 Å². The number of carbonyl (C=O) groups excluding carboxylic acids is 1. The summed E-state index contributed by atoms with van der Waals surface area (Å²) in [6.45, 7) is 8.62. The third-order valence-corrected chi connectivity index (χ3v) is 13.8. The van der Waals surface area contributed by atoms with Crippen molar-refractivity contribution in [1.29, 1.82) is 0 Å². The second kappa shape index (κ2) is 19.6. The third kappa shape index (κ3) is 9.53. The largest absolute Gasteiger partial charge is 0.496 e. The lowest BCUT2D eigenvalue weighted by molar-refractivity contribution is -0.136. The number of methoxy groups -OCH3 is 1. The van der Waals surface area contributed by atoms with Crippen molar-refractivity contribution in [2.24, 2.45) is 0 Å². The second-order valence-electron chi connectivity index (χ2n) is 16.3. The summed E-state index contributed by atoms with van der Waals surface area (Å²) >= 11 is 8.83. The number of halogens is 2. The van der Waals surface area contributed by atoms with Gasteiger partial charge in [0.25, 0.3) is 5.91 Å². The van der Waals surface area contributed by atoms with E-state index in [1.807, 2.05) is 54.9 Å². The molecule has 10 rings (SSSR count). The second-order valence-corrected chi connectivity index (χ2v) is 17.7. The lowest BCUT2D eigenvalue weighted by Gasteiger charge is -2.34. The lowest BCUT2D eigenvalue weighted by atomic mass is 9.94. The Balaban J connectivity index is 1.17. The molecule has 0 radical (unpaired) electrons. The van der Waals surface area contributed by atoms with Crippen molar-refractivity contribution in [3.63, 3.8) is 0 Å². The lowest BCUT2D eigenvalue weighted by Crippen LogP contribution is -2.46. The van der Waals surface area contributed by atoms with Gasteiger partial charge in [0, 0.05) is 86.0 Å². The van der Waals surface area contributed by atoms with Crippen molar-refractivity contribution in [3.05, 3.63) is 136 Å². The van der Waals surface area contributed by atoms with E-state index in [4.69, 9.17) is 30.8 Å². The number of hydroxylamine groups is 1. The van der Waals surface area contributed by atoms with Crippen LogP contribution in [-0.2, 0) is 30.9 Å². The number of thiophene rings is 1. The average molecular weight is 915 g/mol. The van der Waals surface area contributed by atoms with Crippen LogP contribution >= 0.6 is 22.9 Å². The van der Waals surface area contributed by atoms with Gasteiger partial charge in [-0.3, -0.25) is 19.8 Å².